The van der Waals surface area contributed by atoms with Gasteiger partial charge in [-0.1, -0.05) is 41.9 Å². The van der Waals surface area contributed by atoms with Gasteiger partial charge < -0.3 is 10.6 Å². The maximum absolute atomic E-state index is 6.52. The number of halogens is 1. The van der Waals surface area contributed by atoms with Crippen molar-refractivity contribution in [1.29, 1.82) is 0 Å². The Hall–Kier alpha value is -1.65. The van der Waals surface area contributed by atoms with Crippen molar-refractivity contribution in [3.8, 4) is 0 Å². The molecule has 1 aliphatic carbocycles. The van der Waals surface area contributed by atoms with Crippen LogP contribution in [0.3, 0.4) is 0 Å². The van der Waals surface area contributed by atoms with E-state index in [1.807, 2.05) is 23.9 Å². The summed E-state index contributed by atoms with van der Waals surface area (Å²) in [5.74, 6) is 3.41. The van der Waals surface area contributed by atoms with E-state index in [4.69, 9.17) is 16.6 Å². The van der Waals surface area contributed by atoms with E-state index in [2.05, 4.69) is 47.0 Å². The number of para-hydroxylation sites is 2. The van der Waals surface area contributed by atoms with Gasteiger partial charge in [0, 0.05) is 5.02 Å². The van der Waals surface area contributed by atoms with Crippen LogP contribution < -0.4 is 10.6 Å². The third-order valence-corrected chi connectivity index (χ3v) is 7.09. The lowest BCUT2D eigenvalue weighted by Crippen LogP contribution is -2.55. The summed E-state index contributed by atoms with van der Waals surface area (Å²) in [5, 5.41) is 8.34. The smallest absolute Gasteiger partial charge is 0.128 e. The van der Waals surface area contributed by atoms with Gasteiger partial charge in [-0.15, -0.1) is 0 Å². The number of nitrogens with zero attached hydrogens (tertiary/aromatic N) is 1. The van der Waals surface area contributed by atoms with Gasteiger partial charge in [0.2, 0.25) is 0 Å². The number of fused-ring (bicyclic) bond motifs is 1. The van der Waals surface area contributed by atoms with Gasteiger partial charge in [-0.25, -0.2) is 0 Å². The molecule has 3 nitrogen and oxygen atoms in total. The van der Waals surface area contributed by atoms with Gasteiger partial charge in [-0.3, -0.25) is 4.99 Å². The van der Waals surface area contributed by atoms with Crippen LogP contribution in [0.4, 0.5) is 11.4 Å². The lowest BCUT2D eigenvalue weighted by atomic mass is 9.87. The van der Waals surface area contributed by atoms with Crippen molar-refractivity contribution in [2.45, 2.75) is 36.8 Å². The quantitative estimate of drug-likeness (QED) is 0.715. The Labute approximate surface area is 163 Å². The Morgan fingerprint density at radius 2 is 1.58 bits per heavy atom. The minimum Gasteiger partial charge on any atom is -0.371 e. The summed E-state index contributed by atoms with van der Waals surface area (Å²) >= 11 is 8.55. The molecule has 1 saturated heterocycles. The highest BCUT2D eigenvalue weighted by Gasteiger charge is 2.49. The van der Waals surface area contributed by atoms with Gasteiger partial charge in [0.25, 0.3) is 0 Å². The van der Waals surface area contributed by atoms with Crippen molar-refractivity contribution in [1.82, 2.24) is 0 Å². The van der Waals surface area contributed by atoms with E-state index < -0.39 is 0 Å². The number of aliphatic imine (C=N–C) groups is 1. The number of nitrogens with one attached hydrogen (secondary N) is 2. The first-order chi connectivity index (χ1) is 12.7. The molecule has 1 saturated carbocycles. The van der Waals surface area contributed by atoms with E-state index in [-0.39, 0.29) is 11.1 Å². The fourth-order valence-electron chi connectivity index (χ4n) is 4.09. The number of hydrogen-bond donors (Lipinski definition) is 2. The molecule has 1 spiro atoms. The molecular weight excluding hydrogens is 362 g/mol. The van der Waals surface area contributed by atoms with E-state index in [0.717, 1.165) is 59.3 Å². The number of benzene rings is 2. The normalized spacial score (nSPS) is 23.8. The molecule has 0 unspecified atom stereocenters. The zero-order valence-corrected chi connectivity index (χ0v) is 16.2. The third-order valence-electron chi connectivity index (χ3n) is 5.78. The first-order valence-corrected chi connectivity index (χ1v) is 10.8. The van der Waals surface area contributed by atoms with Crippen LogP contribution in [-0.2, 0) is 5.54 Å². The molecule has 3 aliphatic rings. The van der Waals surface area contributed by atoms with E-state index in [0.29, 0.717) is 0 Å². The summed E-state index contributed by atoms with van der Waals surface area (Å²) in [4.78, 5) is 5.34. The highest BCUT2D eigenvalue weighted by molar-refractivity contribution is 7.99. The summed E-state index contributed by atoms with van der Waals surface area (Å²) in [6, 6.07) is 16.6. The molecule has 134 valence electrons. The lowest BCUT2D eigenvalue weighted by molar-refractivity contribution is 0.553. The molecule has 2 fully saturated rings. The molecule has 0 amide bonds. The summed E-state index contributed by atoms with van der Waals surface area (Å²) in [6.45, 7) is 0. The predicted octanol–water partition coefficient (Wildman–Crippen LogP) is 5.53. The van der Waals surface area contributed by atoms with Crippen molar-refractivity contribution in [3.05, 3.63) is 59.1 Å². The van der Waals surface area contributed by atoms with Crippen molar-refractivity contribution < 1.29 is 0 Å². The number of rotatable bonds is 2. The van der Waals surface area contributed by atoms with Crippen LogP contribution in [0.1, 0.15) is 31.2 Å². The average molecular weight is 384 g/mol. The Morgan fingerprint density at radius 3 is 2.31 bits per heavy atom. The zero-order chi connectivity index (χ0) is 17.6. The fourth-order valence-corrected chi connectivity index (χ4v) is 5.60. The SMILES string of the molecule is Clc1ccccc1C1(N=C2Nc3ccccc3NC23CCSCC3)CC1. The highest BCUT2D eigenvalue weighted by atomic mass is 35.5. The lowest BCUT2D eigenvalue weighted by Gasteiger charge is -2.44. The Balaban J connectivity index is 1.59. The van der Waals surface area contributed by atoms with Crippen LogP contribution in [-0.4, -0.2) is 22.9 Å². The molecule has 2 N–H and O–H groups in total. The molecule has 0 radical (unpaired) electrons. The third kappa shape index (κ3) is 2.71. The first-order valence-electron chi connectivity index (χ1n) is 9.28. The molecule has 5 heteroatoms. The number of thioether (sulfide) groups is 1. The van der Waals surface area contributed by atoms with Gasteiger partial charge >= 0.3 is 0 Å². The van der Waals surface area contributed by atoms with Gasteiger partial charge in [0.05, 0.1) is 22.5 Å². The van der Waals surface area contributed by atoms with E-state index in [1.54, 1.807) is 0 Å². The predicted molar refractivity (Wildman–Crippen MR) is 113 cm³/mol. The van der Waals surface area contributed by atoms with Crippen molar-refractivity contribution in [2.75, 3.05) is 22.1 Å². The molecular formula is C21H22ClN3S. The maximum Gasteiger partial charge on any atom is 0.128 e. The Bertz CT molecular complexity index is 869. The molecule has 0 aromatic heterocycles. The van der Waals surface area contributed by atoms with Crippen LogP contribution in [0, 0.1) is 0 Å². The van der Waals surface area contributed by atoms with Gasteiger partial charge in [0.1, 0.15) is 5.84 Å². The Kier molecular flexibility index (Phi) is 3.94. The van der Waals surface area contributed by atoms with Crippen molar-refractivity contribution in [2.24, 2.45) is 4.99 Å². The topological polar surface area (TPSA) is 36.4 Å². The van der Waals surface area contributed by atoms with Gasteiger partial charge in [0.15, 0.2) is 0 Å². The van der Waals surface area contributed by atoms with Crippen molar-refractivity contribution in [3.63, 3.8) is 0 Å². The summed E-state index contributed by atoms with van der Waals surface area (Å²) < 4.78 is 0. The van der Waals surface area contributed by atoms with Gasteiger partial charge in [-0.2, -0.15) is 11.8 Å². The zero-order valence-electron chi connectivity index (χ0n) is 14.6. The van der Waals surface area contributed by atoms with Crippen LogP contribution in [0.5, 0.6) is 0 Å². The summed E-state index contributed by atoms with van der Waals surface area (Å²) in [6.07, 6.45) is 4.32. The second-order valence-corrected chi connectivity index (χ2v) is 9.09. The number of hydrogen-bond acceptors (Lipinski definition) is 3. The van der Waals surface area contributed by atoms with Crippen LogP contribution in [0.15, 0.2) is 53.5 Å². The summed E-state index contributed by atoms with van der Waals surface area (Å²) in [5.41, 5.74) is 3.21. The van der Waals surface area contributed by atoms with Gasteiger partial charge in [-0.05, 0) is 61.0 Å². The number of amidine groups is 1. The molecule has 26 heavy (non-hydrogen) atoms. The second kappa shape index (κ2) is 6.21. The monoisotopic (exact) mass is 383 g/mol. The van der Waals surface area contributed by atoms with Crippen LogP contribution >= 0.6 is 23.4 Å². The minimum atomic E-state index is -0.160. The Morgan fingerprint density at radius 1 is 0.885 bits per heavy atom. The standard InChI is InChI=1S/C21H22ClN3S/c22-16-6-2-1-5-15(16)20(9-10-20)25-19-21(11-13-26-14-12-21)24-18-8-4-3-7-17(18)23-19/h1-8,24H,9-14H2,(H,23,25). The first kappa shape index (κ1) is 16.5. The van der Waals surface area contributed by atoms with Crippen LogP contribution in [0.2, 0.25) is 5.02 Å². The average Bonchev–Trinajstić information content (AvgIpc) is 3.44. The molecule has 0 atom stereocenters. The minimum absolute atomic E-state index is 0.0869. The molecule has 5 rings (SSSR count). The molecule has 2 heterocycles. The molecule has 0 bridgehead atoms. The van der Waals surface area contributed by atoms with E-state index >= 15 is 0 Å². The molecule has 2 aromatic carbocycles. The van der Waals surface area contributed by atoms with Crippen molar-refractivity contribution >= 4 is 40.6 Å². The highest BCUT2D eigenvalue weighted by Crippen LogP contribution is 2.53. The summed E-state index contributed by atoms with van der Waals surface area (Å²) in [7, 11) is 0. The largest absolute Gasteiger partial charge is 0.371 e. The maximum atomic E-state index is 6.52. The second-order valence-electron chi connectivity index (χ2n) is 7.46. The van der Waals surface area contributed by atoms with Crippen LogP contribution in [0.25, 0.3) is 0 Å². The van der Waals surface area contributed by atoms with E-state index in [1.165, 1.54) is 5.69 Å². The molecule has 2 aliphatic heterocycles. The fraction of sp³-hybridized carbons (Fsp3) is 0.381. The number of anilines is 2. The molecule has 2 aromatic rings. The van der Waals surface area contributed by atoms with E-state index in [9.17, 15) is 0 Å².